The number of primary sulfonamides is 1. The van der Waals surface area contributed by atoms with Gasteiger partial charge >= 0.3 is 0 Å². The summed E-state index contributed by atoms with van der Waals surface area (Å²) in [7, 11) is -3.59. The van der Waals surface area contributed by atoms with Gasteiger partial charge in [-0.2, -0.15) is 0 Å². The molecule has 0 saturated heterocycles. The van der Waals surface area contributed by atoms with E-state index in [1.54, 1.807) is 12.1 Å². The lowest BCUT2D eigenvalue weighted by Gasteiger charge is -1.96. The number of benzene rings is 1. The maximum atomic E-state index is 10.7. The average Bonchev–Trinajstić information content (AvgIpc) is 1.86. The van der Waals surface area contributed by atoms with Crippen molar-refractivity contribution < 1.29 is 8.42 Å². The van der Waals surface area contributed by atoms with Crippen molar-refractivity contribution in [2.75, 3.05) is 0 Å². The predicted octanol–water partition coefficient (Wildman–Crippen LogP) is 0.890. The third-order valence-electron chi connectivity index (χ3n) is 1.13. The van der Waals surface area contributed by atoms with Gasteiger partial charge in [-0.3, -0.25) is 0 Å². The molecular weight excluding hydrogens is 182 g/mol. The van der Waals surface area contributed by atoms with Crippen molar-refractivity contribution in [3.63, 3.8) is 0 Å². The largest absolute Gasteiger partial charge is 0.238 e. The number of hydrogen-bond donors (Lipinski definition) is 1. The molecule has 0 aliphatic rings. The van der Waals surface area contributed by atoms with Crippen molar-refractivity contribution in [1.82, 2.24) is 0 Å². The lowest BCUT2D eigenvalue weighted by Crippen LogP contribution is -2.11. The predicted molar refractivity (Wildman–Crippen MR) is 43.7 cm³/mol. The van der Waals surface area contributed by atoms with E-state index in [1.807, 2.05) is 0 Å². The van der Waals surface area contributed by atoms with Crippen LogP contribution in [0, 0.1) is 0 Å². The van der Waals surface area contributed by atoms with E-state index in [9.17, 15) is 8.42 Å². The Morgan fingerprint density at radius 3 is 2.36 bits per heavy atom. The van der Waals surface area contributed by atoms with Gasteiger partial charge in [0.05, 0.1) is 4.90 Å². The maximum Gasteiger partial charge on any atom is 0.238 e. The lowest BCUT2D eigenvalue weighted by atomic mass is 10.4. The molecule has 1 aromatic carbocycles. The highest BCUT2D eigenvalue weighted by Gasteiger charge is 2.06. The smallest absolute Gasteiger partial charge is 0.225 e. The highest BCUT2D eigenvalue weighted by atomic mass is 32.2. The third kappa shape index (κ3) is 2.14. The third-order valence-corrected chi connectivity index (χ3v) is 2.30. The van der Waals surface area contributed by atoms with Gasteiger partial charge in [0.15, 0.2) is 0 Å². The van der Waals surface area contributed by atoms with Gasteiger partial charge in [0, 0.05) is 4.90 Å². The molecule has 0 heterocycles. The zero-order valence-electron chi connectivity index (χ0n) is 5.52. The summed E-state index contributed by atoms with van der Waals surface area (Å²) in [4.78, 5) is 0.529. The van der Waals surface area contributed by atoms with Gasteiger partial charge in [-0.1, -0.05) is 18.7 Å². The number of rotatable bonds is 1. The van der Waals surface area contributed by atoms with E-state index < -0.39 is 10.0 Å². The fourth-order valence-electron chi connectivity index (χ4n) is 0.651. The molecule has 0 atom stereocenters. The highest BCUT2D eigenvalue weighted by Crippen LogP contribution is 2.11. The van der Waals surface area contributed by atoms with Crippen molar-refractivity contribution in [2.24, 2.45) is 5.14 Å². The van der Waals surface area contributed by atoms with Crippen LogP contribution in [-0.2, 0) is 10.0 Å². The Labute approximate surface area is 70.7 Å². The lowest BCUT2D eigenvalue weighted by molar-refractivity contribution is 0.597. The SMILES string of the molecule is NS(=O)(=O)c1cccc([S])c1. The van der Waals surface area contributed by atoms with E-state index in [1.165, 1.54) is 12.1 Å². The molecule has 0 aromatic heterocycles. The molecular formula is C6H6NO2S2. The van der Waals surface area contributed by atoms with Gasteiger partial charge < -0.3 is 0 Å². The second-order valence-corrected chi connectivity index (χ2v) is 4.05. The fourth-order valence-corrected chi connectivity index (χ4v) is 1.49. The summed E-state index contributed by atoms with van der Waals surface area (Å²) in [5.41, 5.74) is 0. The van der Waals surface area contributed by atoms with E-state index in [-0.39, 0.29) is 4.90 Å². The maximum absolute atomic E-state index is 10.7. The van der Waals surface area contributed by atoms with Crippen LogP contribution in [0.4, 0.5) is 0 Å². The van der Waals surface area contributed by atoms with Gasteiger partial charge in [0.25, 0.3) is 0 Å². The highest BCUT2D eigenvalue weighted by molar-refractivity contribution is 7.89. The quantitative estimate of drug-likeness (QED) is 0.711. The van der Waals surface area contributed by atoms with Gasteiger partial charge in [-0.25, -0.2) is 13.6 Å². The average molecular weight is 188 g/mol. The van der Waals surface area contributed by atoms with E-state index in [0.29, 0.717) is 4.90 Å². The van der Waals surface area contributed by atoms with E-state index in [0.717, 1.165) is 0 Å². The number of nitrogens with two attached hydrogens (primary N) is 1. The van der Waals surface area contributed by atoms with E-state index >= 15 is 0 Å². The molecule has 5 heteroatoms. The molecule has 2 N–H and O–H groups in total. The zero-order chi connectivity index (χ0) is 8.48. The normalized spacial score (nSPS) is 11.4. The Hall–Kier alpha value is -0.650. The summed E-state index contributed by atoms with van der Waals surface area (Å²) < 4.78 is 21.4. The number of hydrogen-bond acceptors (Lipinski definition) is 2. The summed E-state index contributed by atoms with van der Waals surface area (Å²) >= 11 is 4.75. The van der Waals surface area contributed by atoms with Crippen LogP contribution in [0.2, 0.25) is 0 Å². The second-order valence-electron chi connectivity index (χ2n) is 2.02. The van der Waals surface area contributed by atoms with Crippen molar-refractivity contribution >= 4 is 22.7 Å². The Balaban J connectivity index is 3.28. The molecule has 0 aliphatic heterocycles. The first-order valence-corrected chi connectivity index (χ1v) is 4.75. The molecule has 11 heavy (non-hydrogen) atoms. The molecule has 0 bridgehead atoms. The molecule has 1 radical (unpaired) electrons. The molecule has 3 nitrogen and oxygen atoms in total. The van der Waals surface area contributed by atoms with Gasteiger partial charge in [-0.15, -0.1) is 0 Å². The van der Waals surface area contributed by atoms with Crippen LogP contribution < -0.4 is 5.14 Å². The Kier molecular flexibility index (Phi) is 2.12. The molecule has 0 amide bonds. The van der Waals surface area contributed by atoms with Crippen LogP contribution in [0.3, 0.4) is 0 Å². The minimum absolute atomic E-state index is 0.0602. The Morgan fingerprint density at radius 2 is 2.00 bits per heavy atom. The monoisotopic (exact) mass is 188 g/mol. The van der Waals surface area contributed by atoms with Crippen LogP contribution in [0.5, 0.6) is 0 Å². The van der Waals surface area contributed by atoms with Gasteiger partial charge in [0.2, 0.25) is 10.0 Å². The molecule has 0 aliphatic carbocycles. The van der Waals surface area contributed by atoms with E-state index in [2.05, 4.69) is 0 Å². The van der Waals surface area contributed by atoms with Crippen LogP contribution in [-0.4, -0.2) is 8.42 Å². The first-order chi connectivity index (χ1) is 5.00. The van der Waals surface area contributed by atoms with Crippen molar-refractivity contribution in [2.45, 2.75) is 9.79 Å². The molecule has 0 fully saturated rings. The molecule has 0 spiro atoms. The summed E-state index contributed by atoms with van der Waals surface area (Å²) in [6, 6.07) is 5.95. The van der Waals surface area contributed by atoms with Crippen molar-refractivity contribution in [3.8, 4) is 0 Å². The molecule has 0 saturated carbocycles. The minimum Gasteiger partial charge on any atom is -0.225 e. The summed E-state index contributed by atoms with van der Waals surface area (Å²) in [5.74, 6) is 0. The molecule has 59 valence electrons. The Morgan fingerprint density at radius 1 is 1.36 bits per heavy atom. The summed E-state index contributed by atoms with van der Waals surface area (Å²) in [6.07, 6.45) is 0. The molecule has 1 rings (SSSR count). The van der Waals surface area contributed by atoms with Crippen LogP contribution in [0.15, 0.2) is 34.1 Å². The summed E-state index contributed by atoms with van der Waals surface area (Å²) in [5, 5.41) is 4.85. The first-order valence-electron chi connectivity index (χ1n) is 2.80. The topological polar surface area (TPSA) is 60.2 Å². The first kappa shape index (κ1) is 8.45. The van der Waals surface area contributed by atoms with Crippen LogP contribution >= 0.6 is 12.6 Å². The second kappa shape index (κ2) is 2.77. The Bertz CT molecular complexity index is 359. The van der Waals surface area contributed by atoms with E-state index in [4.69, 9.17) is 17.8 Å². The molecule has 1 aromatic rings. The van der Waals surface area contributed by atoms with Crippen LogP contribution in [0.1, 0.15) is 0 Å². The van der Waals surface area contributed by atoms with Crippen LogP contribution in [0.25, 0.3) is 0 Å². The number of sulfonamides is 1. The van der Waals surface area contributed by atoms with Gasteiger partial charge in [0.1, 0.15) is 0 Å². The summed E-state index contributed by atoms with van der Waals surface area (Å²) in [6.45, 7) is 0. The van der Waals surface area contributed by atoms with Gasteiger partial charge in [-0.05, 0) is 18.2 Å². The fraction of sp³-hybridized carbons (Fsp3) is 0. The van der Waals surface area contributed by atoms with Crippen molar-refractivity contribution in [1.29, 1.82) is 0 Å². The minimum atomic E-state index is -3.59. The molecule has 0 unspecified atom stereocenters. The standard InChI is InChI=1S/C6H6NO2S2/c7-11(8,9)6-3-1-2-5(10)4-6/h1-4H,(H2,7,8,9). The van der Waals surface area contributed by atoms with Crippen molar-refractivity contribution in [3.05, 3.63) is 24.3 Å². The zero-order valence-corrected chi connectivity index (χ0v) is 7.15.